The Bertz CT molecular complexity index is 301. The quantitative estimate of drug-likeness (QED) is 0.750. The maximum absolute atomic E-state index is 12.0. The third kappa shape index (κ3) is 3.70. The summed E-state index contributed by atoms with van der Waals surface area (Å²) < 4.78 is 0. The lowest BCUT2D eigenvalue weighted by Gasteiger charge is -2.24. The summed E-state index contributed by atoms with van der Waals surface area (Å²) in [5.74, 6) is -0.110. The smallest absolute Gasteiger partial charge is 0.244 e. The lowest BCUT2D eigenvalue weighted by Crippen LogP contribution is -2.52. The van der Waals surface area contributed by atoms with Crippen molar-refractivity contribution in [3.8, 4) is 0 Å². The predicted octanol–water partition coefficient (Wildman–Crippen LogP) is 0.487. The van der Waals surface area contributed by atoms with E-state index in [9.17, 15) is 9.59 Å². The van der Waals surface area contributed by atoms with Gasteiger partial charge in [0, 0.05) is 13.1 Å². The molecule has 0 radical (unpaired) electrons. The number of carbonyl (C=O) groups is 2. The number of nitrogens with two attached hydrogens (primary N) is 1. The van der Waals surface area contributed by atoms with E-state index in [-0.39, 0.29) is 17.7 Å². The van der Waals surface area contributed by atoms with Gasteiger partial charge < -0.3 is 16.0 Å². The molecule has 1 saturated heterocycles. The van der Waals surface area contributed by atoms with Crippen LogP contribution in [0.3, 0.4) is 0 Å². The molecule has 3 atom stereocenters. The average molecular weight is 255 g/mol. The molecule has 2 unspecified atom stereocenters. The van der Waals surface area contributed by atoms with E-state index in [1.54, 1.807) is 11.8 Å². The maximum Gasteiger partial charge on any atom is 0.244 e. The van der Waals surface area contributed by atoms with Crippen LogP contribution in [-0.4, -0.2) is 41.9 Å². The first-order valence-electron chi connectivity index (χ1n) is 6.82. The maximum atomic E-state index is 12.0. The minimum Gasteiger partial charge on any atom is -0.343 e. The highest BCUT2D eigenvalue weighted by atomic mass is 16.2. The van der Waals surface area contributed by atoms with E-state index in [4.69, 9.17) is 5.73 Å². The monoisotopic (exact) mass is 255 g/mol. The summed E-state index contributed by atoms with van der Waals surface area (Å²) in [7, 11) is 0. The highest BCUT2D eigenvalue weighted by Gasteiger charge is 2.27. The summed E-state index contributed by atoms with van der Waals surface area (Å²) in [6, 6.07) is -1.02. The van der Waals surface area contributed by atoms with E-state index in [1.807, 2.05) is 13.8 Å². The van der Waals surface area contributed by atoms with Crippen molar-refractivity contribution in [3.63, 3.8) is 0 Å². The number of likely N-dealkylation sites (tertiary alicyclic amines) is 1. The SMILES string of the molecule is CCC(C)[C@H](N)C(=O)NC(C)C(=O)N1CCCC1. The minimum atomic E-state index is -0.538. The molecular formula is C13H25N3O2. The van der Waals surface area contributed by atoms with Gasteiger partial charge in [-0.2, -0.15) is 0 Å². The Balaban J connectivity index is 2.45. The lowest BCUT2D eigenvalue weighted by atomic mass is 9.99. The molecule has 5 heteroatoms. The van der Waals surface area contributed by atoms with Gasteiger partial charge >= 0.3 is 0 Å². The van der Waals surface area contributed by atoms with Crippen LogP contribution in [0.4, 0.5) is 0 Å². The Hall–Kier alpha value is -1.10. The third-order valence-corrected chi connectivity index (χ3v) is 3.71. The molecule has 3 N–H and O–H groups in total. The molecule has 1 aliphatic rings. The number of carbonyl (C=O) groups excluding carboxylic acids is 2. The van der Waals surface area contributed by atoms with E-state index >= 15 is 0 Å². The van der Waals surface area contributed by atoms with Crippen LogP contribution in [0.1, 0.15) is 40.0 Å². The van der Waals surface area contributed by atoms with Gasteiger partial charge in [0.1, 0.15) is 6.04 Å². The molecule has 0 saturated carbocycles. The van der Waals surface area contributed by atoms with Crippen molar-refractivity contribution in [3.05, 3.63) is 0 Å². The van der Waals surface area contributed by atoms with Crippen LogP contribution < -0.4 is 11.1 Å². The molecule has 1 rings (SSSR count). The number of nitrogens with zero attached hydrogens (tertiary/aromatic N) is 1. The summed E-state index contributed by atoms with van der Waals surface area (Å²) >= 11 is 0. The largest absolute Gasteiger partial charge is 0.343 e. The van der Waals surface area contributed by atoms with E-state index in [2.05, 4.69) is 5.32 Å². The number of amides is 2. The first-order valence-corrected chi connectivity index (χ1v) is 6.82. The lowest BCUT2D eigenvalue weighted by molar-refractivity contribution is -0.135. The second kappa shape index (κ2) is 6.73. The molecule has 0 spiro atoms. The standard InChI is InChI=1S/C13H25N3O2/c1-4-9(2)11(14)12(17)15-10(3)13(18)16-7-5-6-8-16/h9-11H,4-8,14H2,1-3H3,(H,15,17)/t9?,10?,11-/m0/s1. The van der Waals surface area contributed by atoms with Crippen molar-refractivity contribution in [2.45, 2.75) is 52.1 Å². The van der Waals surface area contributed by atoms with Gasteiger partial charge in [-0.25, -0.2) is 0 Å². The van der Waals surface area contributed by atoms with Crippen LogP contribution >= 0.6 is 0 Å². The molecule has 0 aliphatic carbocycles. The van der Waals surface area contributed by atoms with Gasteiger partial charge in [0.2, 0.25) is 11.8 Å². The average Bonchev–Trinajstić information content (AvgIpc) is 2.89. The van der Waals surface area contributed by atoms with Crippen molar-refractivity contribution < 1.29 is 9.59 Å². The molecule has 1 heterocycles. The van der Waals surface area contributed by atoms with Gasteiger partial charge in [0.05, 0.1) is 6.04 Å². The van der Waals surface area contributed by atoms with Gasteiger partial charge in [0.25, 0.3) is 0 Å². The molecular weight excluding hydrogens is 230 g/mol. The van der Waals surface area contributed by atoms with E-state index in [1.165, 1.54) is 0 Å². The summed E-state index contributed by atoms with van der Waals surface area (Å²) in [5.41, 5.74) is 5.84. The van der Waals surface area contributed by atoms with E-state index in [0.717, 1.165) is 32.4 Å². The normalized spacial score (nSPS) is 20.3. The van der Waals surface area contributed by atoms with Crippen LogP contribution in [-0.2, 0) is 9.59 Å². The summed E-state index contributed by atoms with van der Waals surface area (Å²) in [5, 5.41) is 2.72. The summed E-state index contributed by atoms with van der Waals surface area (Å²) in [4.78, 5) is 25.7. The van der Waals surface area contributed by atoms with Crippen LogP contribution in [0.2, 0.25) is 0 Å². The Morgan fingerprint density at radius 3 is 2.33 bits per heavy atom. The van der Waals surface area contributed by atoms with Crippen LogP contribution in [0, 0.1) is 5.92 Å². The Kier molecular flexibility index (Phi) is 5.59. The van der Waals surface area contributed by atoms with Crippen molar-refractivity contribution in [1.82, 2.24) is 10.2 Å². The number of nitrogens with one attached hydrogen (secondary N) is 1. The zero-order valence-corrected chi connectivity index (χ0v) is 11.6. The topological polar surface area (TPSA) is 75.4 Å². The predicted molar refractivity (Wildman–Crippen MR) is 70.8 cm³/mol. The minimum absolute atomic E-state index is 0.00259. The number of rotatable bonds is 5. The molecule has 18 heavy (non-hydrogen) atoms. The second-order valence-electron chi connectivity index (χ2n) is 5.17. The Morgan fingerprint density at radius 2 is 1.83 bits per heavy atom. The highest BCUT2D eigenvalue weighted by Crippen LogP contribution is 2.10. The van der Waals surface area contributed by atoms with Gasteiger partial charge in [-0.3, -0.25) is 9.59 Å². The molecule has 0 aromatic rings. The fourth-order valence-electron chi connectivity index (χ4n) is 2.10. The fraction of sp³-hybridized carbons (Fsp3) is 0.846. The zero-order chi connectivity index (χ0) is 13.7. The van der Waals surface area contributed by atoms with Crippen LogP contribution in [0.25, 0.3) is 0 Å². The zero-order valence-electron chi connectivity index (χ0n) is 11.6. The van der Waals surface area contributed by atoms with E-state index < -0.39 is 12.1 Å². The second-order valence-corrected chi connectivity index (χ2v) is 5.17. The molecule has 0 bridgehead atoms. The van der Waals surface area contributed by atoms with Crippen molar-refractivity contribution >= 4 is 11.8 Å². The Morgan fingerprint density at radius 1 is 1.28 bits per heavy atom. The van der Waals surface area contributed by atoms with Crippen molar-refractivity contribution in [1.29, 1.82) is 0 Å². The number of hydrogen-bond acceptors (Lipinski definition) is 3. The molecule has 104 valence electrons. The summed E-state index contributed by atoms with van der Waals surface area (Å²) in [6.45, 7) is 7.27. The fourth-order valence-corrected chi connectivity index (χ4v) is 2.10. The van der Waals surface area contributed by atoms with Gasteiger partial charge in [-0.1, -0.05) is 20.3 Å². The Labute approximate surface area is 109 Å². The molecule has 0 aromatic carbocycles. The first kappa shape index (κ1) is 15.0. The molecule has 1 fully saturated rings. The van der Waals surface area contributed by atoms with Crippen molar-refractivity contribution in [2.24, 2.45) is 11.7 Å². The van der Waals surface area contributed by atoms with Gasteiger partial charge in [0.15, 0.2) is 0 Å². The first-order chi connectivity index (χ1) is 8.47. The molecule has 2 amide bonds. The van der Waals surface area contributed by atoms with E-state index in [0.29, 0.717) is 0 Å². The van der Waals surface area contributed by atoms with Gasteiger partial charge in [-0.05, 0) is 25.7 Å². The van der Waals surface area contributed by atoms with Crippen molar-refractivity contribution in [2.75, 3.05) is 13.1 Å². The van der Waals surface area contributed by atoms with Crippen LogP contribution in [0.15, 0.2) is 0 Å². The molecule has 5 nitrogen and oxygen atoms in total. The van der Waals surface area contributed by atoms with Crippen LogP contribution in [0.5, 0.6) is 0 Å². The summed E-state index contributed by atoms with van der Waals surface area (Å²) in [6.07, 6.45) is 2.96. The van der Waals surface area contributed by atoms with Gasteiger partial charge in [-0.15, -0.1) is 0 Å². The number of hydrogen-bond donors (Lipinski definition) is 2. The molecule has 0 aromatic heterocycles. The molecule has 1 aliphatic heterocycles. The highest BCUT2D eigenvalue weighted by molar-refractivity contribution is 5.89. The third-order valence-electron chi connectivity index (χ3n) is 3.71.